The highest BCUT2D eigenvalue weighted by molar-refractivity contribution is 7.14. The fourth-order valence-electron chi connectivity index (χ4n) is 2.35. The molecule has 0 unspecified atom stereocenters. The monoisotopic (exact) mass is 303 g/mol. The number of carbonyl (C=O) groups excluding carboxylic acids is 1. The predicted molar refractivity (Wildman–Crippen MR) is 84.3 cm³/mol. The van der Waals surface area contributed by atoms with Gasteiger partial charge in [-0.2, -0.15) is 0 Å². The fourth-order valence-corrected chi connectivity index (χ4v) is 3.19. The number of thiophene rings is 1. The molecule has 112 valence electrons. The van der Waals surface area contributed by atoms with Crippen LogP contribution in [0.25, 0.3) is 0 Å². The molecule has 2 saturated carbocycles. The molecule has 0 saturated heterocycles. The van der Waals surface area contributed by atoms with Gasteiger partial charge in [-0.15, -0.1) is 11.3 Å². The van der Waals surface area contributed by atoms with Crippen LogP contribution in [-0.4, -0.2) is 35.6 Å². The summed E-state index contributed by atoms with van der Waals surface area (Å²) in [7, 11) is 0. The zero-order valence-electron chi connectivity index (χ0n) is 12.2. The maximum atomic E-state index is 12.7. The Morgan fingerprint density at radius 3 is 2.48 bits per heavy atom. The Kier molecular flexibility index (Phi) is 4.62. The molecule has 1 aromatic rings. The zero-order chi connectivity index (χ0) is 14.7. The van der Waals surface area contributed by atoms with Crippen molar-refractivity contribution >= 4 is 17.2 Å². The number of aliphatic hydroxyl groups is 1. The van der Waals surface area contributed by atoms with E-state index >= 15 is 0 Å². The number of carbonyl (C=O) groups is 1. The number of nitrogens with zero attached hydrogens (tertiary/aromatic N) is 1. The third kappa shape index (κ3) is 4.33. The summed E-state index contributed by atoms with van der Waals surface area (Å²) in [6.07, 6.45) is 5.58. The molecule has 0 bridgehead atoms. The molecule has 0 spiro atoms. The Morgan fingerprint density at radius 2 is 1.90 bits per heavy atom. The molecule has 2 aliphatic carbocycles. The topological polar surface area (TPSA) is 40.5 Å². The second kappa shape index (κ2) is 6.64. The van der Waals surface area contributed by atoms with Gasteiger partial charge in [-0.3, -0.25) is 4.79 Å². The van der Waals surface area contributed by atoms with Crippen molar-refractivity contribution in [2.45, 2.75) is 32.1 Å². The Balaban J connectivity index is 1.65. The molecule has 0 radical (unpaired) electrons. The molecule has 1 amide bonds. The van der Waals surface area contributed by atoms with Crippen LogP contribution in [0.1, 0.15) is 46.7 Å². The van der Waals surface area contributed by atoms with Gasteiger partial charge in [0.25, 0.3) is 5.91 Å². The van der Waals surface area contributed by atoms with E-state index in [1.54, 1.807) is 0 Å². The van der Waals surface area contributed by atoms with Gasteiger partial charge in [0.15, 0.2) is 0 Å². The minimum atomic E-state index is 0.0840. The number of aliphatic hydroxyl groups excluding tert-OH is 1. The Hall–Kier alpha value is -1.31. The van der Waals surface area contributed by atoms with E-state index in [4.69, 9.17) is 5.11 Å². The molecule has 1 heterocycles. The minimum Gasteiger partial charge on any atom is -0.395 e. The van der Waals surface area contributed by atoms with Crippen molar-refractivity contribution in [2.24, 2.45) is 11.8 Å². The first-order valence-electron chi connectivity index (χ1n) is 7.75. The van der Waals surface area contributed by atoms with Crippen molar-refractivity contribution in [3.05, 3.63) is 21.9 Å². The van der Waals surface area contributed by atoms with E-state index < -0.39 is 0 Å². The molecule has 1 aromatic heterocycles. The fraction of sp³-hybridized carbons (Fsp3) is 0.588. The van der Waals surface area contributed by atoms with Gasteiger partial charge in [0.05, 0.1) is 16.4 Å². The first kappa shape index (κ1) is 14.6. The average molecular weight is 303 g/mol. The van der Waals surface area contributed by atoms with Crippen LogP contribution in [0.4, 0.5) is 0 Å². The van der Waals surface area contributed by atoms with Crippen LogP contribution < -0.4 is 0 Å². The van der Waals surface area contributed by atoms with Gasteiger partial charge in [0, 0.05) is 19.5 Å². The third-order valence-electron chi connectivity index (χ3n) is 3.90. The Morgan fingerprint density at radius 1 is 1.24 bits per heavy atom. The van der Waals surface area contributed by atoms with Crippen molar-refractivity contribution in [1.82, 2.24) is 4.90 Å². The lowest BCUT2D eigenvalue weighted by atomic mass is 10.3. The number of hydrogen-bond acceptors (Lipinski definition) is 3. The van der Waals surface area contributed by atoms with E-state index in [9.17, 15) is 4.79 Å². The molecule has 21 heavy (non-hydrogen) atoms. The number of hydrogen-bond donors (Lipinski definition) is 1. The van der Waals surface area contributed by atoms with Gasteiger partial charge in [-0.1, -0.05) is 11.8 Å². The van der Waals surface area contributed by atoms with Gasteiger partial charge in [0.1, 0.15) is 0 Å². The van der Waals surface area contributed by atoms with Crippen LogP contribution in [0.2, 0.25) is 0 Å². The summed E-state index contributed by atoms with van der Waals surface area (Å²) in [4.78, 5) is 16.4. The molecule has 0 aromatic carbocycles. The second-order valence-corrected chi connectivity index (χ2v) is 7.12. The van der Waals surface area contributed by atoms with Crippen LogP contribution in [0.15, 0.2) is 12.1 Å². The SMILES string of the molecule is O=C(c1ccc(C#CCCO)s1)N(CC1CC1)CC1CC1. The number of rotatable bonds is 6. The summed E-state index contributed by atoms with van der Waals surface area (Å²) in [6.45, 7) is 1.94. The van der Waals surface area contributed by atoms with Crippen molar-refractivity contribution < 1.29 is 9.90 Å². The molecule has 0 aliphatic heterocycles. The molecule has 2 fully saturated rings. The van der Waals surface area contributed by atoms with Gasteiger partial charge >= 0.3 is 0 Å². The summed E-state index contributed by atoms with van der Waals surface area (Å²) in [5.74, 6) is 7.55. The standard InChI is InChI=1S/C17H21NO2S/c19-10-2-1-3-15-8-9-16(21-15)17(20)18(11-13-4-5-13)12-14-6-7-14/h8-9,13-14,19H,2,4-7,10-12H2. The largest absolute Gasteiger partial charge is 0.395 e. The zero-order valence-corrected chi connectivity index (χ0v) is 13.0. The summed E-state index contributed by atoms with van der Waals surface area (Å²) < 4.78 is 0. The first-order chi connectivity index (χ1) is 10.3. The summed E-state index contributed by atoms with van der Waals surface area (Å²) in [6, 6.07) is 3.80. The normalized spacial score (nSPS) is 17.2. The lowest BCUT2D eigenvalue weighted by Gasteiger charge is -2.21. The van der Waals surface area contributed by atoms with Gasteiger partial charge in [0.2, 0.25) is 0 Å². The van der Waals surface area contributed by atoms with E-state index in [2.05, 4.69) is 16.7 Å². The Labute approximate surface area is 130 Å². The quantitative estimate of drug-likeness (QED) is 0.821. The third-order valence-corrected chi connectivity index (χ3v) is 4.89. The molecule has 1 N–H and O–H groups in total. The van der Waals surface area contributed by atoms with Crippen LogP contribution >= 0.6 is 11.3 Å². The predicted octanol–water partition coefficient (Wildman–Crippen LogP) is 2.74. The van der Waals surface area contributed by atoms with E-state index in [0.29, 0.717) is 6.42 Å². The van der Waals surface area contributed by atoms with Gasteiger partial charge in [-0.25, -0.2) is 0 Å². The van der Waals surface area contributed by atoms with E-state index in [1.165, 1.54) is 37.0 Å². The molecule has 0 atom stereocenters. The van der Waals surface area contributed by atoms with Crippen molar-refractivity contribution in [1.29, 1.82) is 0 Å². The maximum absolute atomic E-state index is 12.7. The second-order valence-electron chi connectivity index (χ2n) is 6.04. The van der Waals surface area contributed by atoms with Gasteiger partial charge in [-0.05, 0) is 49.7 Å². The molecular weight excluding hydrogens is 282 g/mol. The molecule has 2 aliphatic rings. The minimum absolute atomic E-state index is 0.0840. The van der Waals surface area contributed by atoms with Crippen LogP contribution in [0, 0.1) is 23.7 Å². The summed E-state index contributed by atoms with van der Waals surface area (Å²) >= 11 is 1.47. The van der Waals surface area contributed by atoms with E-state index in [1.807, 2.05) is 12.1 Å². The number of amides is 1. The van der Waals surface area contributed by atoms with Crippen molar-refractivity contribution in [3.8, 4) is 11.8 Å². The van der Waals surface area contributed by atoms with Crippen molar-refractivity contribution in [2.75, 3.05) is 19.7 Å². The summed E-state index contributed by atoms with van der Waals surface area (Å²) in [5.41, 5.74) is 0. The van der Waals surface area contributed by atoms with Crippen LogP contribution in [-0.2, 0) is 0 Å². The van der Waals surface area contributed by atoms with E-state index in [0.717, 1.165) is 34.7 Å². The highest BCUT2D eigenvalue weighted by atomic mass is 32.1. The highest BCUT2D eigenvalue weighted by Crippen LogP contribution is 2.34. The average Bonchev–Trinajstić information content (AvgIpc) is 3.40. The van der Waals surface area contributed by atoms with Crippen LogP contribution in [0.5, 0.6) is 0 Å². The lowest BCUT2D eigenvalue weighted by molar-refractivity contribution is 0.0744. The first-order valence-corrected chi connectivity index (χ1v) is 8.56. The highest BCUT2D eigenvalue weighted by Gasteiger charge is 2.32. The molecular formula is C17H21NO2S. The van der Waals surface area contributed by atoms with Crippen LogP contribution in [0.3, 0.4) is 0 Å². The molecule has 3 rings (SSSR count). The Bertz CT molecular complexity index is 547. The van der Waals surface area contributed by atoms with E-state index in [-0.39, 0.29) is 12.5 Å². The van der Waals surface area contributed by atoms with Gasteiger partial charge < -0.3 is 10.0 Å². The molecule has 4 heteroatoms. The smallest absolute Gasteiger partial charge is 0.263 e. The maximum Gasteiger partial charge on any atom is 0.263 e. The lowest BCUT2D eigenvalue weighted by Crippen LogP contribution is -2.34. The molecule has 3 nitrogen and oxygen atoms in total. The van der Waals surface area contributed by atoms with Crippen molar-refractivity contribution in [3.63, 3.8) is 0 Å². The summed E-state index contributed by atoms with van der Waals surface area (Å²) in [5, 5.41) is 8.73.